The SMILES string of the molecule is COc1ccc(C(=O)Oc2cccc(C=NNC(=O)c3ccc(F)cc3)c2)cc1. The van der Waals surface area contributed by atoms with Crippen molar-refractivity contribution in [1.82, 2.24) is 5.43 Å². The highest BCUT2D eigenvalue weighted by atomic mass is 19.1. The molecule has 0 fully saturated rings. The van der Waals surface area contributed by atoms with Gasteiger partial charge in [-0.25, -0.2) is 14.6 Å². The third-order valence-corrected chi connectivity index (χ3v) is 3.88. The van der Waals surface area contributed by atoms with Crippen LogP contribution in [0.4, 0.5) is 4.39 Å². The summed E-state index contributed by atoms with van der Waals surface area (Å²) >= 11 is 0. The Balaban J connectivity index is 1.61. The van der Waals surface area contributed by atoms with Crippen LogP contribution >= 0.6 is 0 Å². The molecule has 1 N–H and O–H groups in total. The number of nitrogens with zero attached hydrogens (tertiary/aromatic N) is 1. The first-order chi connectivity index (χ1) is 14.0. The summed E-state index contributed by atoms with van der Waals surface area (Å²) < 4.78 is 23.3. The molecule has 3 aromatic rings. The quantitative estimate of drug-likeness (QED) is 0.299. The van der Waals surface area contributed by atoms with Crippen LogP contribution in [0.25, 0.3) is 0 Å². The van der Waals surface area contributed by atoms with Gasteiger partial charge in [0, 0.05) is 5.56 Å². The van der Waals surface area contributed by atoms with E-state index in [0.29, 0.717) is 22.6 Å². The predicted molar refractivity (Wildman–Crippen MR) is 106 cm³/mol. The van der Waals surface area contributed by atoms with Crippen LogP contribution in [0, 0.1) is 5.82 Å². The number of nitrogens with one attached hydrogen (secondary N) is 1. The van der Waals surface area contributed by atoms with Gasteiger partial charge in [0.05, 0.1) is 18.9 Å². The van der Waals surface area contributed by atoms with Crippen molar-refractivity contribution < 1.29 is 23.5 Å². The summed E-state index contributed by atoms with van der Waals surface area (Å²) in [5, 5.41) is 3.87. The molecule has 0 aliphatic heterocycles. The number of carbonyl (C=O) groups excluding carboxylic acids is 2. The molecule has 0 atom stereocenters. The number of rotatable bonds is 6. The molecule has 0 unspecified atom stereocenters. The van der Waals surface area contributed by atoms with Crippen molar-refractivity contribution in [2.45, 2.75) is 0 Å². The zero-order chi connectivity index (χ0) is 20.6. The first-order valence-electron chi connectivity index (χ1n) is 8.60. The molecule has 0 spiro atoms. The second kappa shape index (κ2) is 9.27. The smallest absolute Gasteiger partial charge is 0.343 e. The van der Waals surface area contributed by atoms with Crippen LogP contribution in [0.5, 0.6) is 11.5 Å². The number of benzene rings is 3. The molecular weight excluding hydrogens is 375 g/mol. The van der Waals surface area contributed by atoms with E-state index in [1.54, 1.807) is 55.6 Å². The molecule has 7 heteroatoms. The average molecular weight is 392 g/mol. The molecule has 0 saturated heterocycles. The highest BCUT2D eigenvalue weighted by Crippen LogP contribution is 2.16. The Kier molecular flexibility index (Phi) is 6.32. The number of amides is 1. The standard InChI is InChI=1S/C22H17FN2O4/c1-28-19-11-7-17(8-12-19)22(27)29-20-4-2-3-15(13-20)14-24-25-21(26)16-5-9-18(23)10-6-16/h2-14H,1H3,(H,25,26). The highest BCUT2D eigenvalue weighted by Gasteiger charge is 2.09. The number of ether oxygens (including phenoxy) is 2. The Hall–Kier alpha value is -4.00. The van der Waals surface area contributed by atoms with Crippen LogP contribution in [0.1, 0.15) is 26.3 Å². The van der Waals surface area contributed by atoms with Gasteiger partial charge in [-0.05, 0) is 66.2 Å². The van der Waals surface area contributed by atoms with Gasteiger partial charge in [0.15, 0.2) is 0 Å². The highest BCUT2D eigenvalue weighted by molar-refractivity contribution is 5.95. The number of halogens is 1. The van der Waals surface area contributed by atoms with Gasteiger partial charge in [0.25, 0.3) is 5.91 Å². The monoisotopic (exact) mass is 392 g/mol. The van der Waals surface area contributed by atoms with Gasteiger partial charge < -0.3 is 9.47 Å². The lowest BCUT2D eigenvalue weighted by atomic mass is 10.2. The fourth-order valence-electron chi connectivity index (χ4n) is 2.38. The molecule has 3 rings (SSSR count). The van der Waals surface area contributed by atoms with E-state index in [1.807, 2.05) is 0 Å². The molecule has 0 aliphatic rings. The van der Waals surface area contributed by atoms with E-state index in [2.05, 4.69) is 10.5 Å². The fourth-order valence-corrected chi connectivity index (χ4v) is 2.38. The summed E-state index contributed by atoms with van der Waals surface area (Å²) in [5.41, 5.74) is 3.64. The van der Waals surface area contributed by atoms with Crippen molar-refractivity contribution in [3.05, 3.63) is 95.3 Å². The molecule has 6 nitrogen and oxygen atoms in total. The molecule has 0 aromatic heterocycles. The Morgan fingerprint density at radius 2 is 1.62 bits per heavy atom. The Morgan fingerprint density at radius 3 is 2.31 bits per heavy atom. The van der Waals surface area contributed by atoms with E-state index in [-0.39, 0.29) is 5.56 Å². The summed E-state index contributed by atoms with van der Waals surface area (Å²) in [5.74, 6) is -0.428. The van der Waals surface area contributed by atoms with Gasteiger partial charge in [-0.2, -0.15) is 5.10 Å². The average Bonchev–Trinajstić information content (AvgIpc) is 2.74. The minimum absolute atomic E-state index is 0.283. The van der Waals surface area contributed by atoms with E-state index in [4.69, 9.17) is 9.47 Å². The summed E-state index contributed by atoms with van der Waals surface area (Å²) in [7, 11) is 1.54. The molecule has 0 aliphatic carbocycles. The lowest BCUT2D eigenvalue weighted by molar-refractivity contribution is 0.0734. The number of methoxy groups -OCH3 is 1. The second-order valence-corrected chi connectivity index (χ2v) is 5.90. The van der Waals surface area contributed by atoms with Gasteiger partial charge in [0.2, 0.25) is 0 Å². The molecule has 0 radical (unpaired) electrons. The van der Waals surface area contributed by atoms with Crippen molar-refractivity contribution in [3.8, 4) is 11.5 Å². The Bertz CT molecular complexity index is 1030. The minimum atomic E-state index is -0.508. The molecule has 0 bridgehead atoms. The second-order valence-electron chi connectivity index (χ2n) is 5.90. The maximum absolute atomic E-state index is 12.9. The maximum Gasteiger partial charge on any atom is 0.343 e. The normalized spacial score (nSPS) is 10.6. The van der Waals surface area contributed by atoms with Gasteiger partial charge in [-0.3, -0.25) is 4.79 Å². The van der Waals surface area contributed by atoms with E-state index >= 15 is 0 Å². The van der Waals surface area contributed by atoms with Crippen LogP contribution in [0.2, 0.25) is 0 Å². The maximum atomic E-state index is 12.9. The minimum Gasteiger partial charge on any atom is -0.497 e. The Morgan fingerprint density at radius 1 is 0.931 bits per heavy atom. The molecule has 146 valence electrons. The molecule has 29 heavy (non-hydrogen) atoms. The van der Waals surface area contributed by atoms with Crippen molar-refractivity contribution >= 4 is 18.1 Å². The van der Waals surface area contributed by atoms with Gasteiger partial charge in [-0.1, -0.05) is 12.1 Å². The summed E-state index contributed by atoms with van der Waals surface area (Å²) in [4.78, 5) is 24.2. The Labute approximate surface area is 166 Å². The van der Waals surface area contributed by atoms with E-state index in [0.717, 1.165) is 0 Å². The largest absolute Gasteiger partial charge is 0.497 e. The van der Waals surface area contributed by atoms with E-state index in [1.165, 1.54) is 30.5 Å². The van der Waals surface area contributed by atoms with E-state index in [9.17, 15) is 14.0 Å². The summed E-state index contributed by atoms with van der Waals surface area (Å²) in [6.07, 6.45) is 1.41. The molecule has 0 heterocycles. The zero-order valence-corrected chi connectivity index (χ0v) is 15.5. The number of hydrogen-bond acceptors (Lipinski definition) is 5. The van der Waals surface area contributed by atoms with Crippen LogP contribution < -0.4 is 14.9 Å². The number of esters is 1. The first-order valence-corrected chi connectivity index (χ1v) is 8.60. The summed E-state index contributed by atoms with van der Waals surface area (Å²) in [6.45, 7) is 0. The van der Waals surface area contributed by atoms with Gasteiger partial charge >= 0.3 is 5.97 Å². The third kappa shape index (κ3) is 5.49. The van der Waals surface area contributed by atoms with Crippen LogP contribution in [0.15, 0.2) is 77.9 Å². The van der Waals surface area contributed by atoms with E-state index < -0.39 is 17.7 Å². The molecule has 0 saturated carbocycles. The number of carbonyl (C=O) groups is 2. The molecule has 3 aromatic carbocycles. The number of hydrogen-bond donors (Lipinski definition) is 1. The van der Waals surface area contributed by atoms with Crippen LogP contribution in [-0.4, -0.2) is 25.2 Å². The predicted octanol–water partition coefficient (Wildman–Crippen LogP) is 3.82. The van der Waals surface area contributed by atoms with Crippen LogP contribution in [-0.2, 0) is 0 Å². The third-order valence-electron chi connectivity index (χ3n) is 3.88. The van der Waals surface area contributed by atoms with Crippen LogP contribution in [0.3, 0.4) is 0 Å². The number of hydrazone groups is 1. The fraction of sp³-hybridized carbons (Fsp3) is 0.0455. The topological polar surface area (TPSA) is 77.0 Å². The molecule has 1 amide bonds. The first kappa shape index (κ1) is 19.8. The van der Waals surface area contributed by atoms with Crippen molar-refractivity contribution in [1.29, 1.82) is 0 Å². The lowest BCUT2D eigenvalue weighted by Crippen LogP contribution is -2.17. The van der Waals surface area contributed by atoms with Crippen molar-refractivity contribution in [3.63, 3.8) is 0 Å². The van der Waals surface area contributed by atoms with Gasteiger partial charge in [-0.15, -0.1) is 0 Å². The van der Waals surface area contributed by atoms with Gasteiger partial charge in [0.1, 0.15) is 17.3 Å². The lowest BCUT2D eigenvalue weighted by Gasteiger charge is -2.06. The zero-order valence-electron chi connectivity index (χ0n) is 15.5. The molecular formula is C22H17FN2O4. The van der Waals surface area contributed by atoms with Crippen molar-refractivity contribution in [2.75, 3.05) is 7.11 Å². The summed E-state index contributed by atoms with van der Waals surface area (Å²) in [6, 6.07) is 18.3. The van der Waals surface area contributed by atoms with Crippen molar-refractivity contribution in [2.24, 2.45) is 5.10 Å².